The lowest BCUT2D eigenvalue weighted by Gasteiger charge is -2.26. The molecule has 3 amide bonds. The highest BCUT2D eigenvalue weighted by Gasteiger charge is 2.41. The molecule has 1 fully saturated rings. The lowest BCUT2D eigenvalue weighted by molar-refractivity contribution is -0.151. The second kappa shape index (κ2) is 10.0. The number of allylic oxidation sites excluding steroid dienone is 1. The number of benzene rings is 2. The number of nitrogens with one attached hydrogen (secondary N) is 2. The molecule has 2 unspecified atom stereocenters. The molecule has 1 heterocycles. The van der Waals surface area contributed by atoms with Crippen LogP contribution in [0.1, 0.15) is 43.7 Å². The van der Waals surface area contributed by atoms with E-state index in [2.05, 4.69) is 10.7 Å². The van der Waals surface area contributed by atoms with Crippen LogP contribution in [0.15, 0.2) is 60.2 Å². The van der Waals surface area contributed by atoms with Crippen molar-refractivity contribution in [3.63, 3.8) is 0 Å². The number of nitrogens with zero attached hydrogens (tertiary/aromatic N) is 1. The number of amides is 3. The van der Waals surface area contributed by atoms with Gasteiger partial charge in [0.1, 0.15) is 12.6 Å². The summed E-state index contributed by atoms with van der Waals surface area (Å²) in [5.74, 6) is -2.75. The van der Waals surface area contributed by atoms with E-state index in [1.807, 2.05) is 62.4 Å². The van der Waals surface area contributed by atoms with Crippen LogP contribution in [0.25, 0.3) is 11.1 Å². The monoisotopic (exact) mass is 477 g/mol. The Morgan fingerprint density at radius 2 is 1.71 bits per heavy atom. The summed E-state index contributed by atoms with van der Waals surface area (Å²) in [6.45, 7) is 3.75. The fourth-order valence-electron chi connectivity index (χ4n) is 4.46. The van der Waals surface area contributed by atoms with Crippen LogP contribution < -0.4 is 10.7 Å². The van der Waals surface area contributed by atoms with Crippen molar-refractivity contribution in [2.45, 2.75) is 44.7 Å². The van der Waals surface area contributed by atoms with Crippen LogP contribution in [-0.2, 0) is 19.1 Å². The molecule has 0 aromatic heterocycles. The molecule has 1 aliphatic carbocycles. The lowest BCUT2D eigenvalue weighted by atomic mass is 9.98. The van der Waals surface area contributed by atoms with Crippen molar-refractivity contribution in [3.8, 4) is 11.1 Å². The number of hydrazine groups is 1. The minimum Gasteiger partial charge on any atom is -0.480 e. The zero-order chi connectivity index (χ0) is 25.1. The Morgan fingerprint density at radius 3 is 2.29 bits per heavy atom. The van der Waals surface area contributed by atoms with E-state index in [9.17, 15) is 24.3 Å². The largest absolute Gasteiger partial charge is 0.480 e. The first-order valence-electron chi connectivity index (χ1n) is 11.4. The van der Waals surface area contributed by atoms with Gasteiger partial charge in [-0.25, -0.2) is 14.6 Å². The van der Waals surface area contributed by atoms with E-state index >= 15 is 0 Å². The van der Waals surface area contributed by atoms with Crippen LogP contribution in [-0.4, -0.2) is 52.7 Å². The van der Waals surface area contributed by atoms with Crippen LogP contribution in [0, 0.1) is 0 Å². The van der Waals surface area contributed by atoms with Crippen molar-refractivity contribution in [3.05, 3.63) is 71.3 Å². The molecular formula is C26H27N3O6. The first kappa shape index (κ1) is 24.0. The number of carbonyl (C=O) groups excluding carboxylic acids is 3. The predicted octanol–water partition coefficient (Wildman–Crippen LogP) is 2.97. The van der Waals surface area contributed by atoms with Crippen molar-refractivity contribution in [2.75, 3.05) is 6.61 Å². The maximum atomic E-state index is 13.1. The van der Waals surface area contributed by atoms with Gasteiger partial charge < -0.3 is 15.2 Å². The molecule has 2 aliphatic rings. The van der Waals surface area contributed by atoms with Gasteiger partial charge in [0.25, 0.3) is 5.91 Å². The lowest BCUT2D eigenvalue weighted by Crippen LogP contribution is -2.55. The standard InChI is InChI=1S/C26H27N3O6/c1-15(2)11-12-21(24(31)29-22(25(32)33)13-23(30)28-29)27-26(34)35-14-20-18-9-5-3-7-16(18)17-8-4-6-10-19(17)20/h3-11,20-22H,12-14H2,1-2H3,(H,27,34)(H,28,30)(H,32,33). The summed E-state index contributed by atoms with van der Waals surface area (Å²) >= 11 is 0. The van der Waals surface area contributed by atoms with Gasteiger partial charge in [0.05, 0.1) is 6.42 Å². The number of fused-ring (bicyclic) bond motifs is 3. The van der Waals surface area contributed by atoms with Gasteiger partial charge >= 0.3 is 12.1 Å². The zero-order valence-corrected chi connectivity index (χ0v) is 19.5. The van der Waals surface area contributed by atoms with Gasteiger partial charge in [-0.05, 0) is 42.5 Å². The maximum absolute atomic E-state index is 13.1. The molecule has 0 spiro atoms. The summed E-state index contributed by atoms with van der Waals surface area (Å²) < 4.78 is 5.54. The number of aliphatic carboxylic acids is 1. The van der Waals surface area contributed by atoms with E-state index in [1.54, 1.807) is 6.08 Å². The van der Waals surface area contributed by atoms with Crippen molar-refractivity contribution in [1.29, 1.82) is 0 Å². The van der Waals surface area contributed by atoms with Crippen LogP contribution >= 0.6 is 0 Å². The molecule has 0 radical (unpaired) electrons. The highest BCUT2D eigenvalue weighted by Crippen LogP contribution is 2.44. The molecule has 9 heteroatoms. The molecule has 1 saturated heterocycles. The van der Waals surface area contributed by atoms with E-state index in [4.69, 9.17) is 4.74 Å². The topological polar surface area (TPSA) is 125 Å². The fourth-order valence-corrected chi connectivity index (χ4v) is 4.46. The normalized spacial score (nSPS) is 17.1. The number of ether oxygens (including phenoxy) is 1. The molecule has 4 rings (SSSR count). The third-order valence-electron chi connectivity index (χ3n) is 6.15. The first-order valence-corrected chi connectivity index (χ1v) is 11.4. The third kappa shape index (κ3) is 5.03. The zero-order valence-electron chi connectivity index (χ0n) is 19.5. The first-order chi connectivity index (χ1) is 16.8. The molecule has 3 N–H and O–H groups in total. The Balaban J connectivity index is 1.47. The quantitative estimate of drug-likeness (QED) is 0.527. The number of carbonyl (C=O) groups is 4. The highest BCUT2D eigenvalue weighted by atomic mass is 16.5. The fraction of sp³-hybridized carbons (Fsp3) is 0.308. The molecule has 182 valence electrons. The summed E-state index contributed by atoms with van der Waals surface area (Å²) in [6.07, 6.45) is 0.718. The van der Waals surface area contributed by atoms with E-state index in [1.165, 1.54) is 0 Å². The van der Waals surface area contributed by atoms with Gasteiger partial charge in [0.15, 0.2) is 6.04 Å². The van der Waals surface area contributed by atoms with Gasteiger partial charge in [-0.2, -0.15) is 0 Å². The average Bonchev–Trinajstić information content (AvgIpc) is 3.38. The van der Waals surface area contributed by atoms with Crippen molar-refractivity contribution >= 4 is 23.9 Å². The van der Waals surface area contributed by atoms with E-state index < -0.39 is 36.0 Å². The van der Waals surface area contributed by atoms with E-state index in [-0.39, 0.29) is 25.4 Å². The SMILES string of the molecule is CC(C)=CCC(NC(=O)OCC1c2ccccc2-c2ccccc21)C(=O)N1NC(=O)CC1C(=O)O. The molecular weight excluding hydrogens is 450 g/mol. The number of rotatable bonds is 7. The second-order valence-electron chi connectivity index (χ2n) is 8.84. The van der Waals surface area contributed by atoms with Gasteiger partial charge in [-0.3, -0.25) is 15.0 Å². The van der Waals surface area contributed by atoms with Gasteiger partial charge in [0, 0.05) is 5.92 Å². The molecule has 0 saturated carbocycles. The van der Waals surface area contributed by atoms with Crippen molar-refractivity contribution < 1.29 is 29.0 Å². The van der Waals surface area contributed by atoms with Crippen LogP contribution in [0.2, 0.25) is 0 Å². The summed E-state index contributed by atoms with van der Waals surface area (Å²) in [5, 5.41) is 12.7. The number of hydrogen-bond acceptors (Lipinski definition) is 5. The minimum atomic E-state index is -1.34. The molecule has 0 bridgehead atoms. The van der Waals surface area contributed by atoms with Crippen LogP contribution in [0.5, 0.6) is 0 Å². The minimum absolute atomic E-state index is 0.0710. The number of hydrogen-bond donors (Lipinski definition) is 3. The average molecular weight is 478 g/mol. The number of carboxylic acid groups (broad SMARTS) is 1. The maximum Gasteiger partial charge on any atom is 0.407 e. The molecule has 2 atom stereocenters. The smallest absolute Gasteiger partial charge is 0.407 e. The highest BCUT2D eigenvalue weighted by molar-refractivity contribution is 5.96. The van der Waals surface area contributed by atoms with Crippen LogP contribution in [0.4, 0.5) is 4.79 Å². The molecule has 2 aromatic rings. The van der Waals surface area contributed by atoms with E-state index in [0.717, 1.165) is 32.8 Å². The van der Waals surface area contributed by atoms with Crippen molar-refractivity contribution in [2.24, 2.45) is 0 Å². The second-order valence-corrected chi connectivity index (χ2v) is 8.84. The van der Waals surface area contributed by atoms with E-state index in [0.29, 0.717) is 0 Å². The summed E-state index contributed by atoms with van der Waals surface area (Å²) in [6, 6.07) is 13.4. The number of alkyl carbamates (subject to hydrolysis) is 1. The Morgan fingerprint density at radius 1 is 1.11 bits per heavy atom. The van der Waals surface area contributed by atoms with Gasteiger partial charge in [-0.15, -0.1) is 0 Å². The molecule has 35 heavy (non-hydrogen) atoms. The van der Waals surface area contributed by atoms with Crippen LogP contribution in [0.3, 0.4) is 0 Å². The summed E-state index contributed by atoms with van der Waals surface area (Å²) in [4.78, 5) is 49.1. The Kier molecular flexibility index (Phi) is 6.86. The Bertz CT molecular complexity index is 1160. The van der Waals surface area contributed by atoms with Gasteiger partial charge in [0.2, 0.25) is 5.91 Å². The molecule has 1 aliphatic heterocycles. The molecule has 9 nitrogen and oxygen atoms in total. The number of carboxylic acids is 1. The summed E-state index contributed by atoms with van der Waals surface area (Å²) in [7, 11) is 0. The predicted molar refractivity (Wildman–Crippen MR) is 127 cm³/mol. The Labute approximate surface area is 202 Å². The summed E-state index contributed by atoms with van der Waals surface area (Å²) in [5.41, 5.74) is 7.50. The molecule has 2 aromatic carbocycles. The van der Waals surface area contributed by atoms with Gasteiger partial charge in [-0.1, -0.05) is 60.2 Å². The van der Waals surface area contributed by atoms with Crippen molar-refractivity contribution in [1.82, 2.24) is 15.8 Å². The third-order valence-corrected chi connectivity index (χ3v) is 6.15. The Hall–Kier alpha value is -4.14.